The second-order valence-electron chi connectivity index (χ2n) is 3.86. The smallest absolute Gasteiger partial charge is 0.149 e. The molecule has 2 N–H and O–H groups in total. The van der Waals surface area contributed by atoms with Crippen molar-refractivity contribution in [2.45, 2.75) is 32.2 Å². The van der Waals surface area contributed by atoms with Crippen LogP contribution in [-0.4, -0.2) is 28.3 Å². The van der Waals surface area contributed by atoms with Crippen molar-refractivity contribution >= 4 is 0 Å². The van der Waals surface area contributed by atoms with Crippen LogP contribution in [0.3, 0.4) is 0 Å². The summed E-state index contributed by atoms with van der Waals surface area (Å²) < 4.78 is 5.67. The number of allylic oxidation sites excluding steroid dienone is 1. The highest BCUT2D eigenvalue weighted by atomic mass is 16.5. The highest BCUT2D eigenvalue weighted by Crippen LogP contribution is 2.23. The van der Waals surface area contributed by atoms with E-state index in [2.05, 4.69) is 33.5 Å². The van der Waals surface area contributed by atoms with Crippen LogP contribution in [0.1, 0.15) is 38.1 Å². The first-order chi connectivity index (χ1) is 7.92. The summed E-state index contributed by atoms with van der Waals surface area (Å²) in [5.74, 6) is 1.79. The number of hydrogen-bond acceptors (Lipinski definition) is 4. The molecule has 1 atom stereocenters. The lowest BCUT2D eigenvalue weighted by Gasteiger charge is -2.22. The van der Waals surface area contributed by atoms with Crippen molar-refractivity contribution < 1.29 is 4.74 Å². The third-order valence-electron chi connectivity index (χ3n) is 2.55. The molecule has 2 rings (SSSR count). The molecule has 2 heterocycles. The molecule has 1 aliphatic rings. The molecule has 16 heavy (non-hydrogen) atoms. The number of rotatable bonds is 5. The standard InChI is InChI=1S/C11H18N4O/c1-2-6-12-10(11-13-8-14-15-11)9-5-3-4-7-16-9/h5,8,10,12H,2-4,6-7H2,1H3,(H,13,14,15). The number of nitrogens with zero attached hydrogens (tertiary/aromatic N) is 2. The van der Waals surface area contributed by atoms with Gasteiger partial charge in [0.05, 0.1) is 6.61 Å². The molecule has 5 nitrogen and oxygen atoms in total. The van der Waals surface area contributed by atoms with E-state index in [4.69, 9.17) is 4.74 Å². The van der Waals surface area contributed by atoms with E-state index < -0.39 is 0 Å². The van der Waals surface area contributed by atoms with Gasteiger partial charge in [0.15, 0.2) is 0 Å². The SMILES string of the molecule is CCCNC(C1=CCCCO1)c1ncn[nH]1. The van der Waals surface area contributed by atoms with Gasteiger partial charge in [-0.15, -0.1) is 0 Å². The molecule has 1 aromatic heterocycles. The van der Waals surface area contributed by atoms with E-state index in [1.165, 1.54) is 6.33 Å². The maximum absolute atomic E-state index is 5.67. The largest absolute Gasteiger partial charge is 0.496 e. The molecule has 0 fully saturated rings. The van der Waals surface area contributed by atoms with Crippen LogP contribution in [0, 0.1) is 0 Å². The summed E-state index contributed by atoms with van der Waals surface area (Å²) in [7, 11) is 0. The Balaban J connectivity index is 2.10. The number of nitrogens with one attached hydrogen (secondary N) is 2. The Hall–Kier alpha value is -1.36. The fourth-order valence-corrected chi connectivity index (χ4v) is 1.75. The van der Waals surface area contributed by atoms with Gasteiger partial charge in [0, 0.05) is 0 Å². The monoisotopic (exact) mass is 222 g/mol. The summed E-state index contributed by atoms with van der Waals surface area (Å²) in [6, 6.07) is 0.0164. The van der Waals surface area contributed by atoms with Gasteiger partial charge >= 0.3 is 0 Å². The van der Waals surface area contributed by atoms with Crippen molar-refractivity contribution in [2.24, 2.45) is 0 Å². The normalized spacial score (nSPS) is 17.7. The van der Waals surface area contributed by atoms with E-state index in [1.54, 1.807) is 0 Å². The van der Waals surface area contributed by atoms with Crippen molar-refractivity contribution in [1.29, 1.82) is 0 Å². The van der Waals surface area contributed by atoms with E-state index in [-0.39, 0.29) is 6.04 Å². The average molecular weight is 222 g/mol. The minimum absolute atomic E-state index is 0.0164. The van der Waals surface area contributed by atoms with Crippen molar-refractivity contribution in [3.8, 4) is 0 Å². The van der Waals surface area contributed by atoms with Crippen LogP contribution in [0.5, 0.6) is 0 Å². The second-order valence-corrected chi connectivity index (χ2v) is 3.86. The molecule has 0 aliphatic carbocycles. The number of aromatic amines is 1. The first-order valence-electron chi connectivity index (χ1n) is 5.83. The molecule has 1 unspecified atom stereocenters. The highest BCUT2D eigenvalue weighted by molar-refractivity contribution is 5.12. The van der Waals surface area contributed by atoms with Gasteiger partial charge in [0.25, 0.3) is 0 Å². The molecule has 0 aromatic carbocycles. The van der Waals surface area contributed by atoms with E-state index >= 15 is 0 Å². The van der Waals surface area contributed by atoms with Crippen molar-refractivity contribution in [3.63, 3.8) is 0 Å². The first-order valence-corrected chi connectivity index (χ1v) is 5.83. The van der Waals surface area contributed by atoms with Crippen LogP contribution >= 0.6 is 0 Å². The minimum Gasteiger partial charge on any atom is -0.496 e. The molecule has 1 aromatic rings. The highest BCUT2D eigenvalue weighted by Gasteiger charge is 2.21. The maximum Gasteiger partial charge on any atom is 0.149 e. The Morgan fingerprint density at radius 2 is 2.56 bits per heavy atom. The number of hydrogen-bond donors (Lipinski definition) is 2. The Morgan fingerprint density at radius 3 is 3.19 bits per heavy atom. The molecule has 0 radical (unpaired) electrons. The molecular weight excluding hydrogens is 204 g/mol. The quantitative estimate of drug-likeness (QED) is 0.793. The maximum atomic E-state index is 5.67. The van der Waals surface area contributed by atoms with Crippen LogP contribution in [0.4, 0.5) is 0 Å². The van der Waals surface area contributed by atoms with Crippen LogP contribution in [-0.2, 0) is 4.74 Å². The molecule has 0 bridgehead atoms. The topological polar surface area (TPSA) is 62.8 Å². The number of ether oxygens (including phenoxy) is 1. The summed E-state index contributed by atoms with van der Waals surface area (Å²) in [5, 5.41) is 10.2. The summed E-state index contributed by atoms with van der Waals surface area (Å²) in [4.78, 5) is 4.19. The third kappa shape index (κ3) is 2.61. The Bertz CT molecular complexity index is 334. The van der Waals surface area contributed by atoms with Crippen LogP contribution in [0.15, 0.2) is 18.2 Å². The van der Waals surface area contributed by atoms with Crippen LogP contribution in [0.25, 0.3) is 0 Å². The zero-order chi connectivity index (χ0) is 11.2. The molecular formula is C11H18N4O. The molecule has 0 spiro atoms. The molecule has 0 amide bonds. The van der Waals surface area contributed by atoms with Crippen LogP contribution < -0.4 is 5.32 Å². The van der Waals surface area contributed by atoms with Gasteiger partial charge in [-0.05, 0) is 31.9 Å². The van der Waals surface area contributed by atoms with Gasteiger partial charge in [-0.1, -0.05) is 6.92 Å². The van der Waals surface area contributed by atoms with Crippen molar-refractivity contribution in [1.82, 2.24) is 20.5 Å². The Labute approximate surface area is 95.3 Å². The Morgan fingerprint density at radius 1 is 1.62 bits per heavy atom. The fourth-order valence-electron chi connectivity index (χ4n) is 1.75. The zero-order valence-electron chi connectivity index (χ0n) is 9.57. The van der Waals surface area contributed by atoms with E-state index in [0.717, 1.165) is 44.0 Å². The van der Waals surface area contributed by atoms with Gasteiger partial charge in [-0.25, -0.2) is 4.98 Å². The molecule has 0 saturated carbocycles. The van der Waals surface area contributed by atoms with Crippen LogP contribution in [0.2, 0.25) is 0 Å². The summed E-state index contributed by atoms with van der Waals surface area (Å²) in [6.07, 6.45) is 6.92. The van der Waals surface area contributed by atoms with Crippen molar-refractivity contribution in [3.05, 3.63) is 24.0 Å². The van der Waals surface area contributed by atoms with Gasteiger partial charge in [0.2, 0.25) is 0 Å². The molecule has 5 heteroatoms. The summed E-state index contributed by atoms with van der Waals surface area (Å²) in [6.45, 7) is 3.87. The number of aromatic nitrogens is 3. The predicted molar refractivity (Wildman–Crippen MR) is 60.7 cm³/mol. The summed E-state index contributed by atoms with van der Waals surface area (Å²) in [5.41, 5.74) is 0. The van der Waals surface area contributed by atoms with Gasteiger partial charge in [-0.2, -0.15) is 5.10 Å². The third-order valence-corrected chi connectivity index (χ3v) is 2.55. The van der Waals surface area contributed by atoms with Gasteiger partial charge in [0.1, 0.15) is 24.0 Å². The number of H-pyrrole nitrogens is 1. The predicted octanol–water partition coefficient (Wildman–Crippen LogP) is 1.54. The molecule has 0 saturated heterocycles. The van der Waals surface area contributed by atoms with Crippen molar-refractivity contribution in [2.75, 3.05) is 13.2 Å². The summed E-state index contributed by atoms with van der Waals surface area (Å²) >= 11 is 0. The lowest BCUT2D eigenvalue weighted by Crippen LogP contribution is -2.27. The minimum atomic E-state index is 0.0164. The van der Waals surface area contributed by atoms with E-state index in [1.807, 2.05) is 0 Å². The average Bonchev–Trinajstić information content (AvgIpc) is 2.85. The first kappa shape index (κ1) is 11.1. The Kier molecular flexibility index (Phi) is 3.93. The molecule has 1 aliphatic heterocycles. The van der Waals surface area contributed by atoms with Gasteiger partial charge in [-0.3, -0.25) is 5.10 Å². The van der Waals surface area contributed by atoms with E-state index in [0.29, 0.717) is 0 Å². The van der Waals surface area contributed by atoms with E-state index in [9.17, 15) is 0 Å². The lowest BCUT2D eigenvalue weighted by atomic mass is 10.1. The lowest BCUT2D eigenvalue weighted by molar-refractivity contribution is 0.166. The van der Waals surface area contributed by atoms with Gasteiger partial charge < -0.3 is 10.1 Å². The zero-order valence-corrected chi connectivity index (χ0v) is 9.57. The second kappa shape index (κ2) is 5.65. The molecule has 88 valence electrons. The fraction of sp³-hybridized carbons (Fsp3) is 0.636.